The fourth-order valence-electron chi connectivity index (χ4n) is 3.43. The normalized spacial score (nSPS) is 13.2. The van der Waals surface area contributed by atoms with Crippen LogP contribution < -0.4 is 10.6 Å². The summed E-state index contributed by atoms with van der Waals surface area (Å²) >= 11 is 0. The van der Waals surface area contributed by atoms with Crippen molar-refractivity contribution in [3.63, 3.8) is 0 Å². The third-order valence-electron chi connectivity index (χ3n) is 5.10. The van der Waals surface area contributed by atoms with Gasteiger partial charge in [-0.25, -0.2) is 4.79 Å². The first-order chi connectivity index (χ1) is 15.4. The number of hydrogen-bond acceptors (Lipinski definition) is 5. The van der Waals surface area contributed by atoms with Crippen LogP contribution in [-0.2, 0) is 14.3 Å². The second kappa shape index (κ2) is 13.2. The molecule has 0 aromatic heterocycles. The van der Waals surface area contributed by atoms with E-state index in [9.17, 15) is 19.5 Å². The molecule has 0 aliphatic rings. The van der Waals surface area contributed by atoms with Gasteiger partial charge < -0.3 is 25.4 Å². The van der Waals surface area contributed by atoms with E-state index in [4.69, 9.17) is 4.74 Å². The van der Waals surface area contributed by atoms with E-state index in [1.165, 1.54) is 4.90 Å². The molecule has 0 bridgehead atoms. The van der Waals surface area contributed by atoms with Crippen LogP contribution in [0.25, 0.3) is 0 Å². The van der Waals surface area contributed by atoms with E-state index in [-0.39, 0.29) is 25.0 Å². The number of rotatable bonds is 11. The van der Waals surface area contributed by atoms with Gasteiger partial charge in [0, 0.05) is 13.1 Å². The zero-order valence-electron chi connectivity index (χ0n) is 21.1. The molecular formula is C25H41N3O5. The van der Waals surface area contributed by atoms with E-state index in [0.29, 0.717) is 12.1 Å². The molecule has 0 aliphatic carbocycles. The quantitative estimate of drug-likeness (QED) is 0.436. The maximum Gasteiger partial charge on any atom is 0.408 e. The predicted octanol–water partition coefficient (Wildman–Crippen LogP) is 3.32. The third-order valence-corrected chi connectivity index (χ3v) is 5.10. The van der Waals surface area contributed by atoms with Gasteiger partial charge in [0.2, 0.25) is 11.8 Å². The fourth-order valence-corrected chi connectivity index (χ4v) is 3.43. The van der Waals surface area contributed by atoms with Gasteiger partial charge in [0.05, 0.1) is 6.61 Å². The van der Waals surface area contributed by atoms with Crippen molar-refractivity contribution in [2.45, 2.75) is 79.0 Å². The highest BCUT2D eigenvalue weighted by molar-refractivity contribution is 5.92. The van der Waals surface area contributed by atoms with Crippen LogP contribution in [0.3, 0.4) is 0 Å². The molecule has 0 aliphatic heterocycles. The maximum absolute atomic E-state index is 13.7. The number of aliphatic hydroxyl groups is 1. The van der Waals surface area contributed by atoms with Crippen molar-refractivity contribution in [2.75, 3.05) is 19.7 Å². The number of carbonyl (C=O) groups excluding carboxylic acids is 3. The Kier molecular flexibility index (Phi) is 11.4. The number of ether oxygens (including phenoxy) is 1. The number of benzene rings is 1. The van der Waals surface area contributed by atoms with Crippen molar-refractivity contribution in [1.29, 1.82) is 0 Å². The minimum absolute atomic E-state index is 0.0573. The Morgan fingerprint density at radius 1 is 1.15 bits per heavy atom. The molecule has 2 atom stereocenters. The van der Waals surface area contributed by atoms with Gasteiger partial charge in [-0.05, 0) is 51.2 Å². The molecule has 0 saturated carbocycles. The largest absolute Gasteiger partial charge is 0.444 e. The molecular weight excluding hydrogens is 422 g/mol. The van der Waals surface area contributed by atoms with Crippen LogP contribution in [0, 0.1) is 12.8 Å². The average Bonchev–Trinajstić information content (AvgIpc) is 2.71. The fraction of sp³-hybridized carbons (Fsp3) is 0.640. The topological polar surface area (TPSA) is 108 Å². The van der Waals surface area contributed by atoms with Crippen molar-refractivity contribution < 1.29 is 24.2 Å². The first kappa shape index (κ1) is 28.4. The summed E-state index contributed by atoms with van der Waals surface area (Å²) in [4.78, 5) is 40.8. The summed E-state index contributed by atoms with van der Waals surface area (Å²) < 4.78 is 5.34. The van der Waals surface area contributed by atoms with Crippen LogP contribution in [0.2, 0.25) is 0 Å². The van der Waals surface area contributed by atoms with Crippen molar-refractivity contribution in [2.24, 2.45) is 5.92 Å². The van der Waals surface area contributed by atoms with Crippen LogP contribution in [0.1, 0.15) is 71.6 Å². The molecule has 8 nitrogen and oxygen atoms in total. The molecule has 0 heterocycles. The van der Waals surface area contributed by atoms with Gasteiger partial charge in [0.25, 0.3) is 0 Å². The molecule has 1 aromatic rings. The van der Waals surface area contributed by atoms with E-state index in [0.717, 1.165) is 18.4 Å². The van der Waals surface area contributed by atoms with Gasteiger partial charge in [0.15, 0.2) is 0 Å². The summed E-state index contributed by atoms with van der Waals surface area (Å²) in [6, 6.07) is 5.50. The van der Waals surface area contributed by atoms with Gasteiger partial charge in [-0.3, -0.25) is 9.59 Å². The number of aryl methyl sites for hydroxylation is 1. The maximum atomic E-state index is 13.7. The number of unbranched alkanes of at least 4 members (excludes halogenated alkanes) is 1. The van der Waals surface area contributed by atoms with Gasteiger partial charge in [0.1, 0.15) is 17.7 Å². The number of aliphatic hydroxyl groups excluding tert-OH is 1. The molecule has 0 radical (unpaired) electrons. The smallest absolute Gasteiger partial charge is 0.408 e. The van der Waals surface area contributed by atoms with Crippen LogP contribution in [0.5, 0.6) is 0 Å². The van der Waals surface area contributed by atoms with Crippen LogP contribution in [0.15, 0.2) is 24.3 Å². The molecule has 3 N–H and O–H groups in total. The Labute approximate surface area is 198 Å². The zero-order chi connectivity index (χ0) is 25.2. The third kappa shape index (κ3) is 9.04. The lowest BCUT2D eigenvalue weighted by atomic mass is 9.96. The standard InChI is InChI=1S/C25H41N3O5/c1-8-9-14-26-22(30)21(19-13-11-10-12-18(19)4)28(15-16-29)23(31)20(17(2)3)27-24(32)33-25(5,6)7/h10-13,17,20-21,29H,8-9,14-16H2,1-7H3,(H,26,30)(H,27,32). The number of alkyl carbamates (subject to hydrolysis) is 1. The molecule has 33 heavy (non-hydrogen) atoms. The van der Waals surface area contributed by atoms with Crippen molar-refractivity contribution in [3.05, 3.63) is 35.4 Å². The Bertz CT molecular complexity index is 788. The molecule has 0 saturated heterocycles. The number of carbonyl (C=O) groups is 3. The summed E-state index contributed by atoms with van der Waals surface area (Å²) in [6.45, 7) is 12.9. The average molecular weight is 464 g/mol. The van der Waals surface area contributed by atoms with E-state index in [1.54, 1.807) is 34.6 Å². The minimum Gasteiger partial charge on any atom is -0.444 e. The molecule has 186 valence electrons. The molecule has 1 rings (SSSR count). The molecule has 0 spiro atoms. The van der Waals surface area contributed by atoms with Gasteiger partial charge in [-0.2, -0.15) is 0 Å². The number of amides is 3. The van der Waals surface area contributed by atoms with Crippen molar-refractivity contribution in [1.82, 2.24) is 15.5 Å². The summed E-state index contributed by atoms with van der Waals surface area (Å²) in [5, 5.41) is 15.3. The second-order valence-corrected chi connectivity index (χ2v) is 9.53. The molecule has 8 heteroatoms. The Hall–Kier alpha value is -2.61. The highest BCUT2D eigenvalue weighted by atomic mass is 16.6. The van der Waals surface area contributed by atoms with Crippen molar-refractivity contribution >= 4 is 17.9 Å². The Balaban J connectivity index is 3.36. The number of nitrogens with one attached hydrogen (secondary N) is 2. The molecule has 2 unspecified atom stereocenters. The molecule has 0 fully saturated rings. The Morgan fingerprint density at radius 3 is 2.30 bits per heavy atom. The summed E-state index contributed by atoms with van der Waals surface area (Å²) in [5.74, 6) is -1.05. The molecule has 3 amide bonds. The van der Waals surface area contributed by atoms with E-state index in [1.807, 2.05) is 38.1 Å². The van der Waals surface area contributed by atoms with Crippen molar-refractivity contribution in [3.8, 4) is 0 Å². The summed E-state index contributed by atoms with van der Waals surface area (Å²) in [5.41, 5.74) is 0.806. The molecule has 1 aromatic carbocycles. The highest BCUT2D eigenvalue weighted by Crippen LogP contribution is 2.26. The summed E-state index contributed by atoms with van der Waals surface area (Å²) in [7, 11) is 0. The van der Waals surface area contributed by atoms with Crippen LogP contribution in [0.4, 0.5) is 4.79 Å². The SMILES string of the molecule is CCCCNC(=O)C(c1ccccc1C)N(CCO)C(=O)C(NC(=O)OC(C)(C)C)C(C)C. The number of hydrogen-bond donors (Lipinski definition) is 3. The lowest BCUT2D eigenvalue weighted by Crippen LogP contribution is -2.55. The Morgan fingerprint density at radius 2 is 1.79 bits per heavy atom. The number of nitrogens with zero attached hydrogens (tertiary/aromatic N) is 1. The monoisotopic (exact) mass is 463 g/mol. The first-order valence-corrected chi connectivity index (χ1v) is 11.7. The van der Waals surface area contributed by atoms with Gasteiger partial charge >= 0.3 is 6.09 Å². The highest BCUT2D eigenvalue weighted by Gasteiger charge is 2.37. The van der Waals surface area contributed by atoms with E-state index < -0.39 is 29.7 Å². The van der Waals surface area contributed by atoms with Gasteiger partial charge in [-0.1, -0.05) is 51.5 Å². The van der Waals surface area contributed by atoms with E-state index in [2.05, 4.69) is 10.6 Å². The minimum atomic E-state index is -0.940. The van der Waals surface area contributed by atoms with Crippen LogP contribution in [-0.4, -0.2) is 59.3 Å². The summed E-state index contributed by atoms with van der Waals surface area (Å²) in [6.07, 6.45) is 1.03. The first-order valence-electron chi connectivity index (χ1n) is 11.7. The van der Waals surface area contributed by atoms with Gasteiger partial charge in [-0.15, -0.1) is 0 Å². The van der Waals surface area contributed by atoms with Crippen LogP contribution >= 0.6 is 0 Å². The predicted molar refractivity (Wildman–Crippen MR) is 129 cm³/mol. The zero-order valence-corrected chi connectivity index (χ0v) is 21.1. The lowest BCUT2D eigenvalue weighted by Gasteiger charge is -2.35. The van der Waals surface area contributed by atoms with E-state index >= 15 is 0 Å². The second-order valence-electron chi connectivity index (χ2n) is 9.53. The lowest BCUT2D eigenvalue weighted by molar-refractivity contribution is -0.143.